The number of carbonyl (C=O) groups is 1. The summed E-state index contributed by atoms with van der Waals surface area (Å²) in [4.78, 5) is 20.5. The number of aromatic nitrogens is 2. The first-order valence-corrected chi connectivity index (χ1v) is 7.58. The van der Waals surface area contributed by atoms with Crippen molar-refractivity contribution < 1.29 is 4.79 Å². The Kier molecular flexibility index (Phi) is 4.03. The predicted octanol–water partition coefficient (Wildman–Crippen LogP) is 2.26. The molecule has 0 saturated carbocycles. The minimum absolute atomic E-state index is 0.166. The van der Waals surface area contributed by atoms with Crippen molar-refractivity contribution in [3.63, 3.8) is 0 Å². The smallest absolute Gasteiger partial charge is 0.259 e. The first-order chi connectivity index (χ1) is 9.83. The number of hydrogen-bond donors (Lipinski definition) is 2. The summed E-state index contributed by atoms with van der Waals surface area (Å²) in [5, 5.41) is 8.56. The lowest BCUT2D eigenvalue weighted by atomic mass is 9.95. The van der Waals surface area contributed by atoms with Gasteiger partial charge in [0.25, 0.3) is 5.91 Å². The molecular weight excluding hydrogens is 272 g/mol. The SMILES string of the molecule is O=C(Nc1nccs1)c1ccc([C@@H]2CCCNC2)nc1. The number of nitrogens with one attached hydrogen (secondary N) is 2. The van der Waals surface area contributed by atoms with E-state index in [2.05, 4.69) is 20.6 Å². The quantitative estimate of drug-likeness (QED) is 0.909. The van der Waals surface area contributed by atoms with Gasteiger partial charge in [0, 0.05) is 35.9 Å². The topological polar surface area (TPSA) is 66.9 Å². The van der Waals surface area contributed by atoms with E-state index in [4.69, 9.17) is 0 Å². The van der Waals surface area contributed by atoms with Gasteiger partial charge in [0.15, 0.2) is 5.13 Å². The van der Waals surface area contributed by atoms with Crippen LogP contribution in [0.2, 0.25) is 0 Å². The van der Waals surface area contributed by atoms with Gasteiger partial charge in [-0.1, -0.05) is 0 Å². The van der Waals surface area contributed by atoms with Crippen LogP contribution in [0.1, 0.15) is 34.8 Å². The van der Waals surface area contributed by atoms with Gasteiger partial charge < -0.3 is 5.32 Å². The normalized spacial score (nSPS) is 18.7. The fraction of sp³-hybridized carbons (Fsp3) is 0.357. The molecule has 1 saturated heterocycles. The molecule has 1 aliphatic rings. The van der Waals surface area contributed by atoms with Crippen molar-refractivity contribution in [2.45, 2.75) is 18.8 Å². The lowest BCUT2D eigenvalue weighted by molar-refractivity contribution is 0.102. The summed E-state index contributed by atoms with van der Waals surface area (Å²) in [6.45, 7) is 2.06. The molecule has 0 radical (unpaired) electrons. The Morgan fingerprint density at radius 3 is 3.00 bits per heavy atom. The molecule has 104 valence electrons. The zero-order valence-electron chi connectivity index (χ0n) is 11.0. The fourth-order valence-electron chi connectivity index (χ4n) is 2.34. The van der Waals surface area contributed by atoms with E-state index < -0.39 is 0 Å². The number of thiazole rings is 1. The van der Waals surface area contributed by atoms with Crippen LogP contribution in [0.4, 0.5) is 5.13 Å². The van der Waals surface area contributed by atoms with Gasteiger partial charge in [0.1, 0.15) is 0 Å². The molecule has 0 bridgehead atoms. The summed E-state index contributed by atoms with van der Waals surface area (Å²) in [6.07, 6.45) is 5.65. The average Bonchev–Trinajstić information content (AvgIpc) is 3.01. The Balaban J connectivity index is 1.67. The molecule has 2 aromatic heterocycles. The lowest BCUT2D eigenvalue weighted by Gasteiger charge is -2.22. The van der Waals surface area contributed by atoms with E-state index in [1.165, 1.54) is 17.8 Å². The number of pyridine rings is 1. The molecule has 5 nitrogen and oxygen atoms in total. The van der Waals surface area contributed by atoms with Crippen molar-refractivity contribution in [1.29, 1.82) is 0 Å². The van der Waals surface area contributed by atoms with Gasteiger partial charge >= 0.3 is 0 Å². The molecule has 20 heavy (non-hydrogen) atoms. The van der Waals surface area contributed by atoms with Gasteiger partial charge in [-0.25, -0.2) is 4.98 Å². The molecule has 6 heteroatoms. The Morgan fingerprint density at radius 2 is 2.35 bits per heavy atom. The molecule has 1 fully saturated rings. The van der Waals surface area contributed by atoms with E-state index in [1.54, 1.807) is 12.4 Å². The summed E-state index contributed by atoms with van der Waals surface area (Å²) in [5.41, 5.74) is 1.62. The highest BCUT2D eigenvalue weighted by molar-refractivity contribution is 7.13. The van der Waals surface area contributed by atoms with Gasteiger partial charge in [-0.15, -0.1) is 11.3 Å². The zero-order chi connectivity index (χ0) is 13.8. The number of rotatable bonds is 3. The summed E-state index contributed by atoms with van der Waals surface area (Å²) >= 11 is 1.40. The molecule has 2 aromatic rings. The first kappa shape index (κ1) is 13.2. The number of hydrogen-bond acceptors (Lipinski definition) is 5. The second kappa shape index (κ2) is 6.11. The van der Waals surface area contributed by atoms with Gasteiger partial charge in [0.2, 0.25) is 0 Å². The molecule has 0 spiro atoms. The van der Waals surface area contributed by atoms with Crippen LogP contribution in [-0.2, 0) is 0 Å². The highest BCUT2D eigenvalue weighted by Crippen LogP contribution is 2.21. The molecular formula is C14H16N4OS. The van der Waals surface area contributed by atoms with Gasteiger partial charge in [-0.2, -0.15) is 0 Å². The molecule has 1 aliphatic heterocycles. The Hall–Kier alpha value is -1.79. The largest absolute Gasteiger partial charge is 0.316 e. The van der Waals surface area contributed by atoms with E-state index >= 15 is 0 Å². The average molecular weight is 288 g/mol. The number of carbonyl (C=O) groups excluding carboxylic acids is 1. The first-order valence-electron chi connectivity index (χ1n) is 6.70. The van der Waals surface area contributed by atoms with Crippen molar-refractivity contribution in [2.24, 2.45) is 0 Å². The highest BCUT2D eigenvalue weighted by atomic mass is 32.1. The second-order valence-corrected chi connectivity index (χ2v) is 5.70. The summed E-state index contributed by atoms with van der Waals surface area (Å²) in [7, 11) is 0. The maximum Gasteiger partial charge on any atom is 0.259 e. The fourth-order valence-corrected chi connectivity index (χ4v) is 2.86. The van der Waals surface area contributed by atoms with E-state index in [0.717, 1.165) is 25.2 Å². The molecule has 2 N–H and O–H groups in total. The summed E-state index contributed by atoms with van der Waals surface area (Å²) in [6, 6.07) is 3.79. The Morgan fingerprint density at radius 1 is 1.40 bits per heavy atom. The van der Waals surface area contributed by atoms with E-state index in [0.29, 0.717) is 16.6 Å². The standard InChI is InChI=1S/C14H16N4OS/c19-13(18-14-16-6-7-20-14)11-3-4-12(17-9-11)10-2-1-5-15-8-10/h3-4,6-7,9-10,15H,1-2,5,8H2,(H,16,18,19)/t10-/m1/s1. The third-order valence-corrected chi connectivity index (χ3v) is 4.11. The molecule has 3 heterocycles. The van der Waals surface area contributed by atoms with Crippen molar-refractivity contribution in [2.75, 3.05) is 18.4 Å². The Bertz CT molecular complexity index is 561. The minimum Gasteiger partial charge on any atom is -0.316 e. The van der Waals surface area contributed by atoms with Crippen LogP contribution in [0, 0.1) is 0 Å². The Labute approximate surface area is 121 Å². The number of nitrogens with zero attached hydrogens (tertiary/aromatic N) is 2. The summed E-state index contributed by atoms with van der Waals surface area (Å²) in [5.74, 6) is 0.292. The second-order valence-electron chi connectivity index (χ2n) is 4.81. The molecule has 1 atom stereocenters. The van der Waals surface area contributed by atoms with Gasteiger partial charge in [0.05, 0.1) is 5.56 Å². The van der Waals surface area contributed by atoms with Crippen molar-refractivity contribution in [3.8, 4) is 0 Å². The molecule has 0 unspecified atom stereocenters. The van der Waals surface area contributed by atoms with E-state index in [9.17, 15) is 4.79 Å². The van der Waals surface area contributed by atoms with Crippen LogP contribution < -0.4 is 10.6 Å². The molecule has 3 rings (SSSR count). The highest BCUT2D eigenvalue weighted by Gasteiger charge is 2.17. The van der Waals surface area contributed by atoms with E-state index in [1.807, 2.05) is 17.5 Å². The molecule has 0 aromatic carbocycles. The molecule has 0 aliphatic carbocycles. The van der Waals surface area contributed by atoms with Gasteiger partial charge in [-0.3, -0.25) is 15.1 Å². The minimum atomic E-state index is -0.166. The van der Waals surface area contributed by atoms with Crippen molar-refractivity contribution in [1.82, 2.24) is 15.3 Å². The van der Waals surface area contributed by atoms with Crippen LogP contribution >= 0.6 is 11.3 Å². The van der Waals surface area contributed by atoms with Crippen molar-refractivity contribution in [3.05, 3.63) is 41.2 Å². The maximum atomic E-state index is 12.0. The van der Waals surface area contributed by atoms with Crippen LogP contribution in [0.15, 0.2) is 29.9 Å². The third kappa shape index (κ3) is 3.02. The van der Waals surface area contributed by atoms with Crippen LogP contribution in [0.5, 0.6) is 0 Å². The number of piperidine rings is 1. The van der Waals surface area contributed by atoms with Crippen LogP contribution in [0.3, 0.4) is 0 Å². The van der Waals surface area contributed by atoms with Crippen LogP contribution in [-0.4, -0.2) is 29.0 Å². The third-order valence-electron chi connectivity index (χ3n) is 3.42. The van der Waals surface area contributed by atoms with Crippen LogP contribution in [0.25, 0.3) is 0 Å². The predicted molar refractivity (Wildman–Crippen MR) is 79.1 cm³/mol. The number of amides is 1. The number of anilines is 1. The van der Waals surface area contributed by atoms with E-state index in [-0.39, 0.29) is 5.91 Å². The molecule has 1 amide bonds. The summed E-state index contributed by atoms with van der Waals surface area (Å²) < 4.78 is 0. The maximum absolute atomic E-state index is 12.0. The monoisotopic (exact) mass is 288 g/mol. The van der Waals surface area contributed by atoms with Crippen molar-refractivity contribution >= 4 is 22.4 Å². The zero-order valence-corrected chi connectivity index (χ0v) is 11.8. The van der Waals surface area contributed by atoms with Gasteiger partial charge in [-0.05, 0) is 31.5 Å². The lowest BCUT2D eigenvalue weighted by Crippen LogP contribution is -2.28.